The highest BCUT2D eigenvalue weighted by molar-refractivity contribution is 7.91. The van der Waals surface area contributed by atoms with Crippen molar-refractivity contribution in [1.29, 1.82) is 0 Å². The Morgan fingerprint density at radius 3 is 2.80 bits per heavy atom. The lowest BCUT2D eigenvalue weighted by Crippen LogP contribution is -2.60. The maximum atomic E-state index is 12.7. The predicted octanol–water partition coefficient (Wildman–Crippen LogP) is 0.193. The third-order valence-corrected chi connectivity index (χ3v) is 6.52. The van der Waals surface area contributed by atoms with Gasteiger partial charge in [-0.25, -0.2) is 8.42 Å². The molecule has 0 aliphatic carbocycles. The Bertz CT molecular complexity index is 854. The zero-order valence-corrected chi connectivity index (χ0v) is 14.3. The molecule has 9 heteroatoms. The summed E-state index contributed by atoms with van der Waals surface area (Å²) in [5.74, 6) is -0.215. The van der Waals surface area contributed by atoms with Crippen molar-refractivity contribution in [2.75, 3.05) is 24.6 Å². The van der Waals surface area contributed by atoms with Crippen LogP contribution < -0.4 is 0 Å². The predicted molar refractivity (Wildman–Crippen MR) is 88.4 cm³/mol. The van der Waals surface area contributed by atoms with E-state index in [4.69, 9.17) is 4.52 Å². The van der Waals surface area contributed by atoms with E-state index in [1.165, 1.54) is 12.3 Å². The van der Waals surface area contributed by atoms with Gasteiger partial charge >= 0.3 is 0 Å². The standard InChI is InChI=1S/C16H18N4O4S/c21-16(13-3-7-24-18-13)20-6-5-19(9-12-2-1-4-17-8-12)14-10-25(22,23)11-15(14)20/h1-4,7-8,14-15H,5-6,9-11H2/t14-,15+/m1/s1. The zero-order valence-electron chi connectivity index (χ0n) is 13.5. The summed E-state index contributed by atoms with van der Waals surface area (Å²) in [7, 11) is -3.18. The molecule has 2 aliphatic rings. The summed E-state index contributed by atoms with van der Waals surface area (Å²) in [6.45, 7) is 1.69. The summed E-state index contributed by atoms with van der Waals surface area (Å²) in [5, 5.41) is 3.69. The van der Waals surface area contributed by atoms with Crippen LogP contribution in [0, 0.1) is 0 Å². The SMILES string of the molecule is O=C(c1ccon1)N1CCN(Cc2cccnc2)[C@@H]2CS(=O)(=O)C[C@@H]21. The van der Waals surface area contributed by atoms with Crippen molar-refractivity contribution >= 4 is 15.7 Å². The zero-order chi connectivity index (χ0) is 17.4. The van der Waals surface area contributed by atoms with Crippen LogP contribution in [0.2, 0.25) is 0 Å². The van der Waals surface area contributed by atoms with Crippen molar-refractivity contribution in [3.05, 3.63) is 48.1 Å². The Labute approximate surface area is 145 Å². The van der Waals surface area contributed by atoms with E-state index >= 15 is 0 Å². The van der Waals surface area contributed by atoms with E-state index in [1.54, 1.807) is 17.3 Å². The van der Waals surface area contributed by atoms with Gasteiger partial charge in [-0.05, 0) is 11.6 Å². The number of carbonyl (C=O) groups excluding carboxylic acids is 1. The summed E-state index contributed by atoms with van der Waals surface area (Å²) in [4.78, 5) is 20.5. The first-order chi connectivity index (χ1) is 12.0. The Morgan fingerprint density at radius 2 is 2.08 bits per heavy atom. The number of piperazine rings is 1. The molecule has 2 saturated heterocycles. The van der Waals surface area contributed by atoms with Crippen LogP contribution in [0.1, 0.15) is 16.1 Å². The Kier molecular flexibility index (Phi) is 4.04. The second-order valence-electron chi connectivity index (χ2n) is 6.43. The van der Waals surface area contributed by atoms with Gasteiger partial charge in [-0.2, -0.15) is 0 Å². The van der Waals surface area contributed by atoms with Crippen molar-refractivity contribution in [1.82, 2.24) is 19.9 Å². The molecule has 2 aromatic rings. The molecule has 2 aliphatic heterocycles. The van der Waals surface area contributed by atoms with Crippen LogP contribution in [-0.4, -0.2) is 70.9 Å². The Morgan fingerprint density at radius 1 is 1.24 bits per heavy atom. The van der Waals surface area contributed by atoms with E-state index < -0.39 is 9.84 Å². The van der Waals surface area contributed by atoms with Crippen molar-refractivity contribution in [3.63, 3.8) is 0 Å². The molecule has 0 radical (unpaired) electrons. The van der Waals surface area contributed by atoms with Gasteiger partial charge in [0.1, 0.15) is 6.26 Å². The first-order valence-electron chi connectivity index (χ1n) is 8.08. The average molecular weight is 362 g/mol. The summed E-state index contributed by atoms with van der Waals surface area (Å²) in [6, 6.07) is 4.76. The van der Waals surface area contributed by atoms with E-state index in [0.717, 1.165) is 5.56 Å². The van der Waals surface area contributed by atoms with Gasteiger partial charge < -0.3 is 9.42 Å². The second-order valence-corrected chi connectivity index (χ2v) is 8.58. The molecule has 132 valence electrons. The average Bonchev–Trinajstić information content (AvgIpc) is 3.22. The summed E-state index contributed by atoms with van der Waals surface area (Å²) in [5.41, 5.74) is 1.24. The lowest BCUT2D eigenvalue weighted by molar-refractivity contribution is 0.0298. The molecule has 0 spiro atoms. The Hall–Kier alpha value is -2.26. The number of aromatic nitrogens is 2. The lowest BCUT2D eigenvalue weighted by atomic mass is 10.0. The van der Waals surface area contributed by atoms with Crippen LogP contribution in [0.3, 0.4) is 0 Å². The van der Waals surface area contributed by atoms with Crippen LogP contribution in [0.4, 0.5) is 0 Å². The first-order valence-corrected chi connectivity index (χ1v) is 9.90. The molecule has 25 heavy (non-hydrogen) atoms. The fourth-order valence-electron chi connectivity index (χ4n) is 3.67. The molecule has 0 aromatic carbocycles. The number of carbonyl (C=O) groups is 1. The lowest BCUT2D eigenvalue weighted by Gasteiger charge is -2.43. The number of sulfone groups is 1. The maximum absolute atomic E-state index is 12.7. The molecule has 4 heterocycles. The number of fused-ring (bicyclic) bond motifs is 1. The number of hydrogen-bond acceptors (Lipinski definition) is 7. The van der Waals surface area contributed by atoms with E-state index in [2.05, 4.69) is 15.0 Å². The van der Waals surface area contributed by atoms with Gasteiger partial charge in [-0.1, -0.05) is 11.2 Å². The van der Waals surface area contributed by atoms with E-state index in [1.807, 2.05) is 12.1 Å². The van der Waals surface area contributed by atoms with Crippen LogP contribution in [0.5, 0.6) is 0 Å². The topological polar surface area (TPSA) is 96.6 Å². The molecule has 8 nitrogen and oxygen atoms in total. The minimum atomic E-state index is -3.18. The normalized spacial score (nSPS) is 25.7. The van der Waals surface area contributed by atoms with Crippen molar-refractivity contribution in [2.45, 2.75) is 18.6 Å². The van der Waals surface area contributed by atoms with Crippen LogP contribution in [-0.2, 0) is 16.4 Å². The largest absolute Gasteiger partial charge is 0.364 e. The number of hydrogen-bond donors (Lipinski definition) is 0. The molecule has 0 saturated carbocycles. The molecule has 0 unspecified atom stereocenters. The minimum Gasteiger partial charge on any atom is -0.364 e. The van der Waals surface area contributed by atoms with Crippen molar-refractivity contribution in [2.24, 2.45) is 0 Å². The Balaban J connectivity index is 1.59. The second kappa shape index (κ2) is 6.23. The van der Waals surface area contributed by atoms with E-state index in [-0.39, 0.29) is 35.2 Å². The van der Waals surface area contributed by atoms with Gasteiger partial charge in [0.2, 0.25) is 0 Å². The molecule has 4 rings (SSSR count). The molecular weight excluding hydrogens is 344 g/mol. The highest BCUT2D eigenvalue weighted by Crippen LogP contribution is 2.29. The number of amides is 1. The van der Waals surface area contributed by atoms with E-state index in [0.29, 0.717) is 19.6 Å². The molecule has 2 atom stereocenters. The highest BCUT2D eigenvalue weighted by atomic mass is 32.2. The van der Waals surface area contributed by atoms with Crippen LogP contribution >= 0.6 is 0 Å². The van der Waals surface area contributed by atoms with Crippen molar-refractivity contribution in [3.8, 4) is 0 Å². The van der Waals surface area contributed by atoms with Crippen molar-refractivity contribution < 1.29 is 17.7 Å². The minimum absolute atomic E-state index is 0.00913. The van der Waals surface area contributed by atoms with Crippen LogP contribution in [0.25, 0.3) is 0 Å². The molecule has 0 N–H and O–H groups in total. The maximum Gasteiger partial charge on any atom is 0.276 e. The molecule has 1 amide bonds. The number of nitrogens with zero attached hydrogens (tertiary/aromatic N) is 4. The fraction of sp³-hybridized carbons (Fsp3) is 0.438. The summed E-state index contributed by atoms with van der Waals surface area (Å²) < 4.78 is 29.2. The molecule has 0 bridgehead atoms. The van der Waals surface area contributed by atoms with Gasteiger partial charge in [0, 0.05) is 44.1 Å². The van der Waals surface area contributed by atoms with Gasteiger partial charge in [0.25, 0.3) is 5.91 Å². The third kappa shape index (κ3) is 3.16. The molecule has 2 fully saturated rings. The first kappa shape index (κ1) is 16.2. The smallest absolute Gasteiger partial charge is 0.276 e. The fourth-order valence-corrected chi connectivity index (χ4v) is 5.68. The molecular formula is C16H18N4O4S. The van der Waals surface area contributed by atoms with Gasteiger partial charge in [-0.3, -0.25) is 14.7 Å². The van der Waals surface area contributed by atoms with Gasteiger partial charge in [-0.15, -0.1) is 0 Å². The third-order valence-electron chi connectivity index (χ3n) is 4.82. The molecule has 2 aromatic heterocycles. The monoisotopic (exact) mass is 362 g/mol. The highest BCUT2D eigenvalue weighted by Gasteiger charge is 2.48. The number of rotatable bonds is 3. The quantitative estimate of drug-likeness (QED) is 0.769. The number of pyridine rings is 1. The van der Waals surface area contributed by atoms with Gasteiger partial charge in [0.15, 0.2) is 15.5 Å². The van der Waals surface area contributed by atoms with Gasteiger partial charge in [0.05, 0.1) is 17.5 Å². The summed E-state index contributed by atoms with van der Waals surface area (Å²) >= 11 is 0. The van der Waals surface area contributed by atoms with E-state index in [9.17, 15) is 13.2 Å². The summed E-state index contributed by atoms with van der Waals surface area (Å²) in [6.07, 6.45) is 4.83. The van der Waals surface area contributed by atoms with Crippen LogP contribution in [0.15, 0.2) is 41.4 Å².